The molecule has 0 aromatic heterocycles. The summed E-state index contributed by atoms with van der Waals surface area (Å²) in [6.45, 7) is 0.352. The topological polar surface area (TPSA) is 67.4 Å². The fourth-order valence-corrected chi connectivity index (χ4v) is 2.67. The molecule has 2 N–H and O–H groups in total. The highest BCUT2D eigenvalue weighted by molar-refractivity contribution is 6.00. The zero-order valence-corrected chi connectivity index (χ0v) is 15.4. The van der Waals surface area contributed by atoms with E-state index in [0.717, 1.165) is 5.56 Å². The lowest BCUT2D eigenvalue weighted by molar-refractivity contribution is 0.0353. The molecular weight excluding hydrogens is 352 g/mol. The SMILES string of the molecule is O=C(NCC(OCc1ccccc1)C(=O)c1ccccc1)Nc1ccccc1. The molecule has 0 saturated heterocycles. The maximum absolute atomic E-state index is 12.8. The normalized spacial score (nSPS) is 11.4. The molecule has 0 fully saturated rings. The predicted octanol–water partition coefficient (Wildman–Crippen LogP) is 4.28. The smallest absolute Gasteiger partial charge is 0.319 e. The number of nitrogens with one attached hydrogen (secondary N) is 2. The first kappa shape index (κ1) is 19.3. The molecule has 2 amide bonds. The molecule has 0 spiro atoms. The number of benzene rings is 3. The number of anilines is 1. The first-order valence-electron chi connectivity index (χ1n) is 9.07. The Balaban J connectivity index is 1.63. The third kappa shape index (κ3) is 5.79. The monoisotopic (exact) mass is 374 g/mol. The van der Waals surface area contributed by atoms with Gasteiger partial charge >= 0.3 is 6.03 Å². The zero-order chi connectivity index (χ0) is 19.6. The van der Waals surface area contributed by atoms with Crippen LogP contribution in [-0.4, -0.2) is 24.5 Å². The minimum absolute atomic E-state index is 0.0687. The van der Waals surface area contributed by atoms with Crippen molar-refractivity contribution in [3.05, 3.63) is 102 Å². The number of carbonyl (C=O) groups excluding carboxylic acids is 2. The summed E-state index contributed by atoms with van der Waals surface area (Å²) >= 11 is 0. The largest absolute Gasteiger partial charge is 0.364 e. The molecule has 142 valence electrons. The van der Waals surface area contributed by atoms with Crippen LogP contribution < -0.4 is 10.6 Å². The molecule has 28 heavy (non-hydrogen) atoms. The molecule has 0 saturated carbocycles. The molecule has 3 aromatic carbocycles. The summed E-state index contributed by atoms with van der Waals surface area (Å²) in [6.07, 6.45) is -0.788. The average molecular weight is 374 g/mol. The number of rotatable bonds is 8. The van der Waals surface area contributed by atoms with Crippen molar-refractivity contribution >= 4 is 17.5 Å². The summed E-state index contributed by atoms with van der Waals surface area (Å²) in [6, 6.07) is 27.3. The number of ketones is 1. The van der Waals surface area contributed by atoms with E-state index in [1.165, 1.54) is 0 Å². The van der Waals surface area contributed by atoms with E-state index in [-0.39, 0.29) is 25.0 Å². The van der Waals surface area contributed by atoms with Gasteiger partial charge in [0.1, 0.15) is 6.10 Å². The Morgan fingerprint density at radius 1 is 0.786 bits per heavy atom. The van der Waals surface area contributed by atoms with Crippen molar-refractivity contribution in [1.82, 2.24) is 5.32 Å². The fourth-order valence-electron chi connectivity index (χ4n) is 2.67. The quantitative estimate of drug-likeness (QED) is 0.579. The van der Waals surface area contributed by atoms with Crippen molar-refractivity contribution in [2.45, 2.75) is 12.7 Å². The Morgan fingerprint density at radius 2 is 1.36 bits per heavy atom. The van der Waals surface area contributed by atoms with E-state index >= 15 is 0 Å². The highest BCUT2D eigenvalue weighted by atomic mass is 16.5. The van der Waals surface area contributed by atoms with Gasteiger partial charge in [-0.15, -0.1) is 0 Å². The summed E-state index contributed by atoms with van der Waals surface area (Å²) in [5.74, 6) is -0.170. The first-order chi connectivity index (χ1) is 13.7. The van der Waals surface area contributed by atoms with Crippen LogP contribution in [0.5, 0.6) is 0 Å². The second-order valence-electron chi connectivity index (χ2n) is 6.22. The first-order valence-corrected chi connectivity index (χ1v) is 9.07. The van der Waals surface area contributed by atoms with Gasteiger partial charge in [0.25, 0.3) is 0 Å². The average Bonchev–Trinajstić information content (AvgIpc) is 2.75. The maximum atomic E-state index is 12.8. The summed E-state index contributed by atoms with van der Waals surface area (Å²) in [7, 11) is 0. The van der Waals surface area contributed by atoms with Crippen molar-refractivity contribution in [1.29, 1.82) is 0 Å². The molecular formula is C23H22N2O3. The summed E-state index contributed by atoms with van der Waals surface area (Å²) in [5, 5.41) is 5.46. The van der Waals surface area contributed by atoms with E-state index in [1.807, 2.05) is 54.6 Å². The Bertz CT molecular complexity index is 883. The van der Waals surface area contributed by atoms with Crippen molar-refractivity contribution < 1.29 is 14.3 Å². The van der Waals surface area contributed by atoms with Gasteiger partial charge in [-0.2, -0.15) is 0 Å². The Hall–Kier alpha value is -3.44. The maximum Gasteiger partial charge on any atom is 0.319 e. The minimum atomic E-state index is -0.788. The van der Waals surface area contributed by atoms with Gasteiger partial charge in [0.05, 0.1) is 13.2 Å². The summed E-state index contributed by atoms with van der Waals surface area (Å²) in [5.41, 5.74) is 2.18. The van der Waals surface area contributed by atoms with Gasteiger partial charge in [0, 0.05) is 11.3 Å². The van der Waals surface area contributed by atoms with E-state index in [0.29, 0.717) is 11.3 Å². The minimum Gasteiger partial charge on any atom is -0.364 e. The van der Waals surface area contributed by atoms with Gasteiger partial charge in [0.2, 0.25) is 0 Å². The molecule has 3 rings (SSSR count). The van der Waals surface area contributed by atoms with Crippen LogP contribution >= 0.6 is 0 Å². The van der Waals surface area contributed by atoms with Gasteiger partial charge in [-0.3, -0.25) is 4.79 Å². The van der Waals surface area contributed by atoms with Crippen LogP contribution in [0.15, 0.2) is 91.0 Å². The standard InChI is InChI=1S/C23H22N2O3/c26-22(19-12-6-2-7-13-19)21(28-17-18-10-4-1-5-11-18)16-24-23(27)25-20-14-8-3-9-15-20/h1-15,21H,16-17H2,(H2,24,25,27). The third-order valence-corrected chi connectivity index (χ3v) is 4.12. The molecule has 0 aliphatic rings. The molecule has 0 radical (unpaired) electrons. The van der Waals surface area contributed by atoms with Crippen LogP contribution in [0.4, 0.5) is 10.5 Å². The Morgan fingerprint density at radius 3 is 2.00 bits per heavy atom. The van der Waals surface area contributed by atoms with E-state index in [1.54, 1.807) is 36.4 Å². The summed E-state index contributed by atoms with van der Waals surface area (Å²) < 4.78 is 5.85. The fraction of sp³-hybridized carbons (Fsp3) is 0.130. The van der Waals surface area contributed by atoms with E-state index in [4.69, 9.17) is 4.74 Å². The van der Waals surface area contributed by atoms with Crippen molar-refractivity contribution in [2.24, 2.45) is 0 Å². The van der Waals surface area contributed by atoms with Crippen LogP contribution in [0.1, 0.15) is 15.9 Å². The van der Waals surface area contributed by atoms with Crippen LogP contribution in [0.2, 0.25) is 0 Å². The molecule has 0 aliphatic heterocycles. The van der Waals surface area contributed by atoms with Gasteiger partial charge in [-0.1, -0.05) is 78.9 Å². The van der Waals surface area contributed by atoms with Crippen LogP contribution in [0.25, 0.3) is 0 Å². The second kappa shape index (κ2) is 10.0. The van der Waals surface area contributed by atoms with Crippen molar-refractivity contribution in [2.75, 3.05) is 11.9 Å². The van der Waals surface area contributed by atoms with Gasteiger partial charge in [-0.25, -0.2) is 4.79 Å². The molecule has 1 atom stereocenters. The third-order valence-electron chi connectivity index (χ3n) is 4.12. The zero-order valence-electron chi connectivity index (χ0n) is 15.4. The molecule has 1 unspecified atom stereocenters. The summed E-state index contributed by atoms with van der Waals surface area (Å²) in [4.78, 5) is 25.0. The van der Waals surface area contributed by atoms with E-state index in [2.05, 4.69) is 10.6 Å². The van der Waals surface area contributed by atoms with E-state index in [9.17, 15) is 9.59 Å². The number of ether oxygens (including phenoxy) is 1. The lowest BCUT2D eigenvalue weighted by Crippen LogP contribution is -2.40. The van der Waals surface area contributed by atoms with Gasteiger partial charge < -0.3 is 15.4 Å². The number of urea groups is 1. The lowest BCUT2D eigenvalue weighted by Gasteiger charge is -2.18. The number of carbonyl (C=O) groups is 2. The number of amides is 2. The van der Waals surface area contributed by atoms with Crippen LogP contribution in [0.3, 0.4) is 0 Å². The number of Topliss-reactive ketones (excluding diaryl/α,β-unsaturated/α-hetero) is 1. The van der Waals surface area contributed by atoms with Crippen LogP contribution in [-0.2, 0) is 11.3 Å². The molecule has 5 nitrogen and oxygen atoms in total. The lowest BCUT2D eigenvalue weighted by atomic mass is 10.1. The van der Waals surface area contributed by atoms with Crippen LogP contribution in [0, 0.1) is 0 Å². The Labute approximate surface area is 164 Å². The highest BCUT2D eigenvalue weighted by Gasteiger charge is 2.21. The predicted molar refractivity (Wildman–Crippen MR) is 109 cm³/mol. The van der Waals surface area contributed by atoms with Gasteiger partial charge in [0.15, 0.2) is 5.78 Å². The molecule has 0 heterocycles. The number of hydrogen-bond acceptors (Lipinski definition) is 3. The van der Waals surface area contributed by atoms with Gasteiger partial charge in [-0.05, 0) is 17.7 Å². The second-order valence-corrected chi connectivity index (χ2v) is 6.22. The Kier molecular flexibility index (Phi) is 6.93. The molecule has 0 aliphatic carbocycles. The number of para-hydroxylation sites is 1. The molecule has 5 heteroatoms. The highest BCUT2D eigenvalue weighted by Crippen LogP contribution is 2.10. The van der Waals surface area contributed by atoms with Crippen molar-refractivity contribution in [3.8, 4) is 0 Å². The van der Waals surface area contributed by atoms with E-state index < -0.39 is 6.10 Å². The molecule has 0 bridgehead atoms. The molecule has 3 aromatic rings. The van der Waals surface area contributed by atoms with Crippen molar-refractivity contribution in [3.63, 3.8) is 0 Å². The number of hydrogen-bond donors (Lipinski definition) is 2.